The first-order chi connectivity index (χ1) is 12.3. The standard InChI is InChI=1S/C17H15F3N4O2/c1-24-8-6-12(10-24)14(17(18,19)20)23-16(25)22-13-4-2-11(3-5-13)15-21-7-9-26-15/h2-10,14H,1H3,(H2,22,23,25)/t14-/m1/s1. The molecule has 0 unspecified atom stereocenters. The molecule has 0 saturated heterocycles. The van der Waals surface area contributed by atoms with Crippen LogP contribution >= 0.6 is 0 Å². The van der Waals surface area contributed by atoms with Crippen molar-refractivity contribution in [3.05, 3.63) is 60.7 Å². The van der Waals surface area contributed by atoms with Crippen molar-refractivity contribution in [2.24, 2.45) is 7.05 Å². The smallest absolute Gasteiger partial charge is 0.412 e. The summed E-state index contributed by atoms with van der Waals surface area (Å²) in [6.07, 6.45) is 1.09. The molecule has 2 aromatic heterocycles. The van der Waals surface area contributed by atoms with Crippen LogP contribution in [0.2, 0.25) is 0 Å². The Morgan fingerprint density at radius 3 is 2.50 bits per heavy atom. The summed E-state index contributed by atoms with van der Waals surface area (Å²) < 4.78 is 46.4. The molecule has 26 heavy (non-hydrogen) atoms. The van der Waals surface area contributed by atoms with Crippen LogP contribution in [0.1, 0.15) is 11.6 Å². The van der Waals surface area contributed by atoms with Gasteiger partial charge >= 0.3 is 12.2 Å². The SMILES string of the molecule is Cn1ccc([C@@H](NC(=O)Nc2ccc(-c3ncco3)cc2)C(F)(F)F)c1. The van der Waals surface area contributed by atoms with Gasteiger partial charge in [0, 0.05) is 36.3 Å². The van der Waals surface area contributed by atoms with E-state index in [2.05, 4.69) is 10.3 Å². The number of oxazole rings is 1. The lowest BCUT2D eigenvalue weighted by Crippen LogP contribution is -2.40. The molecule has 6 nitrogen and oxygen atoms in total. The van der Waals surface area contributed by atoms with E-state index in [1.54, 1.807) is 31.3 Å². The van der Waals surface area contributed by atoms with E-state index in [0.29, 0.717) is 17.1 Å². The third kappa shape index (κ3) is 4.05. The normalized spacial score (nSPS) is 12.6. The van der Waals surface area contributed by atoms with Crippen molar-refractivity contribution < 1.29 is 22.4 Å². The Morgan fingerprint density at radius 1 is 1.23 bits per heavy atom. The van der Waals surface area contributed by atoms with Gasteiger partial charge in [0.15, 0.2) is 6.04 Å². The van der Waals surface area contributed by atoms with Gasteiger partial charge in [0.25, 0.3) is 0 Å². The first kappa shape index (κ1) is 17.6. The van der Waals surface area contributed by atoms with E-state index in [9.17, 15) is 18.0 Å². The number of halogens is 3. The first-order valence-electron chi connectivity index (χ1n) is 7.59. The molecule has 0 spiro atoms. The molecule has 2 N–H and O–H groups in total. The first-order valence-corrected chi connectivity index (χ1v) is 7.59. The summed E-state index contributed by atoms with van der Waals surface area (Å²) >= 11 is 0. The average Bonchev–Trinajstić information content (AvgIpc) is 3.24. The number of aromatic nitrogens is 2. The van der Waals surface area contributed by atoms with Crippen molar-refractivity contribution in [1.29, 1.82) is 0 Å². The lowest BCUT2D eigenvalue weighted by atomic mass is 10.1. The van der Waals surface area contributed by atoms with E-state index in [4.69, 9.17) is 4.42 Å². The molecule has 1 atom stereocenters. The van der Waals surface area contributed by atoms with Crippen molar-refractivity contribution in [3.63, 3.8) is 0 Å². The van der Waals surface area contributed by atoms with E-state index in [-0.39, 0.29) is 5.56 Å². The number of benzene rings is 1. The minimum absolute atomic E-state index is 0.0469. The number of alkyl halides is 3. The number of nitrogens with zero attached hydrogens (tertiary/aromatic N) is 2. The van der Waals surface area contributed by atoms with Gasteiger partial charge in [0.05, 0.1) is 6.20 Å². The fraction of sp³-hybridized carbons (Fsp3) is 0.176. The summed E-state index contributed by atoms with van der Waals surface area (Å²) in [5, 5.41) is 4.34. The zero-order valence-electron chi connectivity index (χ0n) is 13.6. The molecule has 2 amide bonds. The molecule has 9 heteroatoms. The third-order valence-electron chi connectivity index (χ3n) is 3.61. The van der Waals surface area contributed by atoms with Crippen LogP contribution in [0.5, 0.6) is 0 Å². The fourth-order valence-corrected chi connectivity index (χ4v) is 2.41. The Bertz CT molecular complexity index is 870. The van der Waals surface area contributed by atoms with Crippen LogP contribution in [-0.2, 0) is 7.05 Å². The van der Waals surface area contributed by atoms with Gasteiger partial charge in [-0.25, -0.2) is 9.78 Å². The summed E-state index contributed by atoms with van der Waals surface area (Å²) in [7, 11) is 1.60. The van der Waals surface area contributed by atoms with Crippen molar-refractivity contribution >= 4 is 11.7 Å². The molecule has 0 saturated carbocycles. The van der Waals surface area contributed by atoms with Crippen LogP contribution in [0.25, 0.3) is 11.5 Å². The number of carbonyl (C=O) groups is 1. The van der Waals surface area contributed by atoms with E-state index in [1.165, 1.54) is 35.5 Å². The maximum atomic E-state index is 13.3. The van der Waals surface area contributed by atoms with Crippen LogP contribution in [0.3, 0.4) is 0 Å². The third-order valence-corrected chi connectivity index (χ3v) is 3.61. The van der Waals surface area contributed by atoms with Crippen LogP contribution in [0, 0.1) is 0 Å². The van der Waals surface area contributed by atoms with Gasteiger partial charge in [-0.15, -0.1) is 0 Å². The average molecular weight is 364 g/mol. The quantitative estimate of drug-likeness (QED) is 0.732. The van der Waals surface area contributed by atoms with Crippen LogP contribution < -0.4 is 10.6 Å². The van der Waals surface area contributed by atoms with Gasteiger partial charge in [-0.05, 0) is 30.3 Å². The van der Waals surface area contributed by atoms with Gasteiger partial charge in [-0.3, -0.25) is 0 Å². The predicted molar refractivity (Wildman–Crippen MR) is 88.3 cm³/mol. The molecule has 3 rings (SSSR count). The Kier molecular flexibility index (Phi) is 4.70. The number of hydrogen-bond donors (Lipinski definition) is 2. The van der Waals surface area contributed by atoms with E-state index >= 15 is 0 Å². The zero-order chi connectivity index (χ0) is 18.7. The van der Waals surface area contributed by atoms with E-state index in [1.807, 2.05) is 5.32 Å². The highest BCUT2D eigenvalue weighted by Gasteiger charge is 2.42. The number of aryl methyl sites for hydroxylation is 1. The summed E-state index contributed by atoms with van der Waals surface area (Å²) in [5.41, 5.74) is 0.972. The monoisotopic (exact) mass is 364 g/mol. The molecule has 0 fully saturated rings. The maximum Gasteiger partial charge on any atom is 0.412 e. The topological polar surface area (TPSA) is 72.1 Å². The number of rotatable bonds is 4. The van der Waals surface area contributed by atoms with E-state index in [0.717, 1.165) is 0 Å². The van der Waals surface area contributed by atoms with Crippen LogP contribution in [0.4, 0.5) is 23.7 Å². The van der Waals surface area contributed by atoms with Gasteiger partial charge < -0.3 is 19.6 Å². The molecule has 0 radical (unpaired) electrons. The van der Waals surface area contributed by atoms with Gasteiger partial charge in [0.1, 0.15) is 6.26 Å². The van der Waals surface area contributed by atoms with Crippen LogP contribution in [-0.4, -0.2) is 21.8 Å². The Balaban J connectivity index is 1.68. The highest BCUT2D eigenvalue weighted by molar-refractivity contribution is 5.89. The van der Waals surface area contributed by atoms with Gasteiger partial charge in [-0.1, -0.05) is 0 Å². The van der Waals surface area contributed by atoms with Gasteiger partial charge in [-0.2, -0.15) is 13.2 Å². The number of anilines is 1. The second kappa shape index (κ2) is 6.95. The summed E-state index contributed by atoms with van der Waals surface area (Å²) in [5.74, 6) is 0.405. The summed E-state index contributed by atoms with van der Waals surface area (Å²) in [6.45, 7) is 0. The number of nitrogens with one attached hydrogen (secondary N) is 2. The molecule has 0 aliphatic rings. The van der Waals surface area contributed by atoms with Crippen molar-refractivity contribution in [3.8, 4) is 11.5 Å². The fourth-order valence-electron chi connectivity index (χ4n) is 2.41. The number of hydrogen-bond acceptors (Lipinski definition) is 3. The lowest BCUT2D eigenvalue weighted by molar-refractivity contribution is -0.154. The summed E-state index contributed by atoms with van der Waals surface area (Å²) in [6, 6.07) is 4.62. The summed E-state index contributed by atoms with van der Waals surface area (Å²) in [4.78, 5) is 16.0. The Labute approximate surface area is 146 Å². The highest BCUT2D eigenvalue weighted by atomic mass is 19.4. The molecule has 0 aliphatic carbocycles. The minimum Gasteiger partial charge on any atom is -0.445 e. The molecule has 2 heterocycles. The van der Waals surface area contributed by atoms with E-state index < -0.39 is 18.2 Å². The number of urea groups is 1. The molecule has 0 aliphatic heterocycles. The lowest BCUT2D eigenvalue weighted by Gasteiger charge is -2.21. The van der Waals surface area contributed by atoms with Crippen molar-refractivity contribution in [2.75, 3.05) is 5.32 Å². The molecule has 136 valence electrons. The molecule has 3 aromatic rings. The van der Waals surface area contributed by atoms with Crippen molar-refractivity contribution in [1.82, 2.24) is 14.9 Å². The maximum absolute atomic E-state index is 13.3. The minimum atomic E-state index is -4.62. The predicted octanol–water partition coefficient (Wildman–Crippen LogP) is 4.11. The van der Waals surface area contributed by atoms with Crippen LogP contribution in [0.15, 0.2) is 59.6 Å². The molecule has 0 bridgehead atoms. The zero-order valence-corrected chi connectivity index (χ0v) is 13.6. The van der Waals surface area contributed by atoms with Crippen molar-refractivity contribution in [2.45, 2.75) is 12.2 Å². The second-order valence-electron chi connectivity index (χ2n) is 5.60. The highest BCUT2D eigenvalue weighted by Crippen LogP contribution is 2.32. The second-order valence-corrected chi connectivity index (χ2v) is 5.60. The molecular weight excluding hydrogens is 349 g/mol. The largest absolute Gasteiger partial charge is 0.445 e. The Morgan fingerprint density at radius 2 is 1.96 bits per heavy atom. The molecule has 1 aromatic carbocycles. The molecular formula is C17H15F3N4O2. The Hall–Kier alpha value is -3.23. The number of carbonyl (C=O) groups excluding carboxylic acids is 1. The number of amides is 2. The van der Waals surface area contributed by atoms with Gasteiger partial charge in [0.2, 0.25) is 5.89 Å².